The average Bonchev–Trinajstić information content (AvgIpc) is 2.71. The summed E-state index contributed by atoms with van der Waals surface area (Å²) in [4.78, 5) is 4.21. The Balaban J connectivity index is 2.15. The number of nitrogens with two attached hydrogens (primary N) is 1. The number of aryl methyl sites for hydroxylation is 1. The first-order chi connectivity index (χ1) is 6.31. The highest BCUT2D eigenvalue weighted by atomic mass is 16.4. The SMILES string of the molecule is Cc1cnc(C2NCCC2CN)o1. The topological polar surface area (TPSA) is 64.1 Å². The third-order valence-electron chi connectivity index (χ3n) is 2.56. The van der Waals surface area contributed by atoms with Crippen molar-refractivity contribution in [2.24, 2.45) is 11.7 Å². The maximum Gasteiger partial charge on any atom is 0.211 e. The van der Waals surface area contributed by atoms with Crippen LogP contribution in [0.3, 0.4) is 0 Å². The highest BCUT2D eigenvalue weighted by molar-refractivity contribution is 5.01. The first-order valence-corrected chi connectivity index (χ1v) is 4.67. The van der Waals surface area contributed by atoms with Gasteiger partial charge in [0.05, 0.1) is 12.2 Å². The van der Waals surface area contributed by atoms with Crippen LogP contribution in [0.2, 0.25) is 0 Å². The first kappa shape index (κ1) is 8.72. The Bertz CT molecular complexity index is 284. The van der Waals surface area contributed by atoms with E-state index in [9.17, 15) is 0 Å². The van der Waals surface area contributed by atoms with E-state index in [2.05, 4.69) is 10.3 Å². The molecule has 1 fully saturated rings. The van der Waals surface area contributed by atoms with Crippen molar-refractivity contribution in [3.63, 3.8) is 0 Å². The minimum Gasteiger partial charge on any atom is -0.444 e. The standard InChI is InChI=1S/C9H15N3O/c1-6-5-12-9(13-6)8-7(4-10)2-3-11-8/h5,7-8,11H,2-4,10H2,1H3. The van der Waals surface area contributed by atoms with Gasteiger partial charge >= 0.3 is 0 Å². The van der Waals surface area contributed by atoms with Crippen molar-refractivity contribution in [1.29, 1.82) is 0 Å². The fraction of sp³-hybridized carbons (Fsp3) is 0.667. The van der Waals surface area contributed by atoms with Gasteiger partial charge in [0.1, 0.15) is 5.76 Å². The molecule has 0 aliphatic carbocycles. The maximum atomic E-state index is 5.66. The molecule has 72 valence electrons. The molecule has 0 bridgehead atoms. The minimum atomic E-state index is 0.221. The van der Waals surface area contributed by atoms with E-state index in [4.69, 9.17) is 10.2 Å². The quantitative estimate of drug-likeness (QED) is 0.701. The monoisotopic (exact) mass is 181 g/mol. The summed E-state index contributed by atoms with van der Waals surface area (Å²) in [5, 5.41) is 3.35. The third kappa shape index (κ3) is 1.59. The summed E-state index contributed by atoms with van der Waals surface area (Å²) in [6.45, 7) is 3.61. The fourth-order valence-electron chi connectivity index (χ4n) is 1.82. The highest BCUT2D eigenvalue weighted by Gasteiger charge is 2.30. The van der Waals surface area contributed by atoms with E-state index in [1.807, 2.05) is 6.92 Å². The lowest BCUT2D eigenvalue weighted by atomic mass is 10.0. The number of aromatic nitrogens is 1. The summed E-state index contributed by atoms with van der Waals surface area (Å²) in [6.07, 6.45) is 2.87. The van der Waals surface area contributed by atoms with Crippen LogP contribution < -0.4 is 11.1 Å². The van der Waals surface area contributed by atoms with Crippen LogP contribution in [0.15, 0.2) is 10.6 Å². The van der Waals surface area contributed by atoms with Gasteiger partial charge in [0.2, 0.25) is 5.89 Å². The van der Waals surface area contributed by atoms with Crippen molar-refractivity contribution in [3.8, 4) is 0 Å². The molecule has 1 aromatic heterocycles. The second-order valence-corrected chi connectivity index (χ2v) is 3.53. The molecule has 0 amide bonds. The number of rotatable bonds is 2. The summed E-state index contributed by atoms with van der Waals surface area (Å²) in [6, 6.07) is 0.221. The van der Waals surface area contributed by atoms with Gasteiger partial charge in [-0.2, -0.15) is 0 Å². The zero-order chi connectivity index (χ0) is 9.26. The largest absolute Gasteiger partial charge is 0.444 e. The molecule has 2 rings (SSSR count). The first-order valence-electron chi connectivity index (χ1n) is 4.67. The van der Waals surface area contributed by atoms with E-state index in [-0.39, 0.29) is 6.04 Å². The van der Waals surface area contributed by atoms with E-state index in [1.165, 1.54) is 0 Å². The Labute approximate surface area is 77.5 Å². The molecule has 1 aliphatic rings. The lowest BCUT2D eigenvalue weighted by Crippen LogP contribution is -2.23. The number of oxazole rings is 1. The summed E-state index contributed by atoms with van der Waals surface area (Å²) in [5.74, 6) is 2.11. The molecule has 1 saturated heterocycles. The van der Waals surface area contributed by atoms with Crippen molar-refractivity contribution in [1.82, 2.24) is 10.3 Å². The molecular weight excluding hydrogens is 166 g/mol. The Kier molecular flexibility index (Phi) is 2.33. The maximum absolute atomic E-state index is 5.66. The van der Waals surface area contributed by atoms with E-state index in [1.54, 1.807) is 6.20 Å². The van der Waals surface area contributed by atoms with Crippen LogP contribution in [0.4, 0.5) is 0 Å². The molecule has 13 heavy (non-hydrogen) atoms. The predicted molar refractivity (Wildman–Crippen MR) is 49.1 cm³/mol. The molecule has 3 N–H and O–H groups in total. The second kappa shape index (κ2) is 3.47. The Morgan fingerprint density at radius 1 is 1.77 bits per heavy atom. The predicted octanol–water partition coefficient (Wildman–Crippen LogP) is 0.592. The second-order valence-electron chi connectivity index (χ2n) is 3.53. The summed E-state index contributed by atoms with van der Waals surface area (Å²) < 4.78 is 5.47. The van der Waals surface area contributed by atoms with Crippen LogP contribution in [0.25, 0.3) is 0 Å². The van der Waals surface area contributed by atoms with Crippen LogP contribution in [0.1, 0.15) is 24.1 Å². The number of hydrogen-bond donors (Lipinski definition) is 2. The fourth-order valence-corrected chi connectivity index (χ4v) is 1.82. The molecule has 2 heterocycles. The highest BCUT2D eigenvalue weighted by Crippen LogP contribution is 2.27. The zero-order valence-corrected chi connectivity index (χ0v) is 7.79. The zero-order valence-electron chi connectivity index (χ0n) is 7.79. The van der Waals surface area contributed by atoms with Crippen molar-refractivity contribution < 1.29 is 4.42 Å². The van der Waals surface area contributed by atoms with Gasteiger partial charge in [-0.15, -0.1) is 0 Å². The van der Waals surface area contributed by atoms with Gasteiger partial charge in [0.15, 0.2) is 0 Å². The van der Waals surface area contributed by atoms with E-state index < -0.39 is 0 Å². The van der Waals surface area contributed by atoms with Gasteiger partial charge in [0, 0.05) is 0 Å². The molecule has 1 aromatic rings. The van der Waals surface area contributed by atoms with Gasteiger partial charge < -0.3 is 15.5 Å². The molecule has 4 heteroatoms. The molecule has 4 nitrogen and oxygen atoms in total. The van der Waals surface area contributed by atoms with Gasteiger partial charge in [-0.05, 0) is 32.4 Å². The summed E-state index contributed by atoms with van der Waals surface area (Å²) in [7, 11) is 0. The smallest absolute Gasteiger partial charge is 0.211 e. The van der Waals surface area contributed by atoms with Crippen molar-refractivity contribution in [3.05, 3.63) is 17.8 Å². The molecule has 0 saturated carbocycles. The molecule has 0 aromatic carbocycles. The van der Waals surface area contributed by atoms with Crippen LogP contribution in [-0.4, -0.2) is 18.1 Å². The normalized spacial score (nSPS) is 28.2. The lowest BCUT2D eigenvalue weighted by molar-refractivity contribution is 0.360. The molecule has 0 spiro atoms. The number of hydrogen-bond acceptors (Lipinski definition) is 4. The van der Waals surface area contributed by atoms with E-state index in [0.717, 1.165) is 24.6 Å². The van der Waals surface area contributed by atoms with E-state index >= 15 is 0 Å². The summed E-state index contributed by atoms with van der Waals surface area (Å²) in [5.41, 5.74) is 5.66. The van der Waals surface area contributed by atoms with Crippen molar-refractivity contribution in [2.45, 2.75) is 19.4 Å². The van der Waals surface area contributed by atoms with Crippen LogP contribution in [0.5, 0.6) is 0 Å². The minimum absolute atomic E-state index is 0.221. The number of nitrogens with one attached hydrogen (secondary N) is 1. The molecule has 2 atom stereocenters. The van der Waals surface area contributed by atoms with Gasteiger partial charge in [-0.1, -0.05) is 0 Å². The molecule has 1 aliphatic heterocycles. The van der Waals surface area contributed by atoms with Crippen LogP contribution >= 0.6 is 0 Å². The van der Waals surface area contributed by atoms with Gasteiger partial charge in [0.25, 0.3) is 0 Å². The molecule has 0 radical (unpaired) electrons. The average molecular weight is 181 g/mol. The molecule has 2 unspecified atom stereocenters. The summed E-state index contributed by atoms with van der Waals surface area (Å²) >= 11 is 0. The van der Waals surface area contributed by atoms with Gasteiger partial charge in [-0.3, -0.25) is 0 Å². The molecular formula is C9H15N3O. The Hall–Kier alpha value is -0.870. The Morgan fingerprint density at radius 2 is 2.62 bits per heavy atom. The van der Waals surface area contributed by atoms with Crippen LogP contribution in [0, 0.1) is 12.8 Å². The van der Waals surface area contributed by atoms with Crippen molar-refractivity contribution >= 4 is 0 Å². The van der Waals surface area contributed by atoms with Crippen molar-refractivity contribution in [2.75, 3.05) is 13.1 Å². The third-order valence-corrected chi connectivity index (χ3v) is 2.56. The Morgan fingerprint density at radius 3 is 3.23 bits per heavy atom. The van der Waals surface area contributed by atoms with Gasteiger partial charge in [-0.25, -0.2) is 4.98 Å². The number of nitrogens with zero attached hydrogens (tertiary/aromatic N) is 1. The van der Waals surface area contributed by atoms with E-state index in [0.29, 0.717) is 12.5 Å². The van der Waals surface area contributed by atoms with Crippen LogP contribution in [-0.2, 0) is 0 Å². The lowest BCUT2D eigenvalue weighted by Gasteiger charge is -2.13.